The number of nitrogens with zero attached hydrogens (tertiary/aromatic N) is 2. The molecule has 1 fully saturated rings. The van der Waals surface area contributed by atoms with E-state index in [0.717, 1.165) is 43.3 Å². The molecule has 0 radical (unpaired) electrons. The fourth-order valence-electron chi connectivity index (χ4n) is 3.35. The highest BCUT2D eigenvalue weighted by molar-refractivity contribution is 6.34. The molecule has 124 valence electrons. The highest BCUT2D eigenvalue weighted by Crippen LogP contribution is 2.28. The summed E-state index contributed by atoms with van der Waals surface area (Å²) in [6.07, 6.45) is 4.26. The Morgan fingerprint density at radius 1 is 1.48 bits per heavy atom. The second kappa shape index (κ2) is 6.13. The normalized spacial score (nSPS) is 17.0. The Labute approximate surface area is 140 Å². The zero-order valence-electron chi connectivity index (χ0n) is 13.5. The summed E-state index contributed by atoms with van der Waals surface area (Å²) < 4.78 is 0. The molecule has 2 aromatic heterocycles. The molecule has 0 aromatic carbocycles. The molecule has 2 N–H and O–H groups in total. The maximum Gasteiger partial charge on any atom is 0.270 e. The summed E-state index contributed by atoms with van der Waals surface area (Å²) in [6, 6.07) is 3.59. The number of piperidine rings is 1. The third-order valence-corrected chi connectivity index (χ3v) is 4.72. The van der Waals surface area contributed by atoms with Gasteiger partial charge >= 0.3 is 0 Å². The van der Waals surface area contributed by atoms with Gasteiger partial charge in [0.15, 0.2) is 0 Å². The van der Waals surface area contributed by atoms with Gasteiger partial charge < -0.3 is 15.0 Å². The van der Waals surface area contributed by atoms with E-state index in [2.05, 4.69) is 9.97 Å². The Morgan fingerprint density at radius 3 is 2.78 bits per heavy atom. The largest absolute Gasteiger partial charge is 0.390 e. The molecule has 5 nitrogen and oxygen atoms in total. The van der Waals surface area contributed by atoms with Crippen LogP contribution in [0.4, 0.5) is 0 Å². The van der Waals surface area contributed by atoms with Crippen LogP contribution in [0, 0.1) is 5.92 Å². The first-order valence-corrected chi connectivity index (χ1v) is 8.36. The van der Waals surface area contributed by atoms with E-state index in [1.54, 1.807) is 12.3 Å². The molecule has 0 atom stereocenters. The Hall–Kier alpha value is -1.59. The maximum atomic E-state index is 12.7. The van der Waals surface area contributed by atoms with Gasteiger partial charge in [-0.3, -0.25) is 4.79 Å². The Kier molecular flexibility index (Phi) is 4.34. The number of aromatic amines is 1. The smallest absolute Gasteiger partial charge is 0.270 e. The summed E-state index contributed by atoms with van der Waals surface area (Å²) in [7, 11) is 0. The van der Waals surface area contributed by atoms with Gasteiger partial charge in [0, 0.05) is 24.7 Å². The molecule has 0 unspecified atom stereocenters. The zero-order valence-corrected chi connectivity index (χ0v) is 14.2. The van der Waals surface area contributed by atoms with Crippen molar-refractivity contribution in [2.24, 2.45) is 5.92 Å². The average molecular weight is 336 g/mol. The summed E-state index contributed by atoms with van der Waals surface area (Å²) in [5.41, 5.74) is 0.735. The van der Waals surface area contributed by atoms with Gasteiger partial charge in [0.05, 0.1) is 11.1 Å². The van der Waals surface area contributed by atoms with Crippen molar-refractivity contribution in [1.82, 2.24) is 14.9 Å². The first kappa shape index (κ1) is 16.3. The first-order valence-electron chi connectivity index (χ1n) is 7.98. The number of fused-ring (bicyclic) bond motifs is 1. The van der Waals surface area contributed by atoms with Crippen molar-refractivity contribution in [2.75, 3.05) is 13.1 Å². The number of halogens is 1. The van der Waals surface area contributed by atoms with Crippen LogP contribution in [0.25, 0.3) is 10.9 Å². The second-order valence-corrected chi connectivity index (χ2v) is 7.36. The molecule has 0 saturated carbocycles. The lowest BCUT2D eigenvalue weighted by Gasteiger charge is -2.34. The van der Waals surface area contributed by atoms with Crippen molar-refractivity contribution in [3.63, 3.8) is 0 Å². The third kappa shape index (κ3) is 3.67. The number of carbonyl (C=O) groups is 1. The van der Waals surface area contributed by atoms with Crippen molar-refractivity contribution < 1.29 is 9.90 Å². The van der Waals surface area contributed by atoms with Crippen molar-refractivity contribution >= 4 is 28.4 Å². The van der Waals surface area contributed by atoms with Gasteiger partial charge in [-0.25, -0.2) is 4.98 Å². The van der Waals surface area contributed by atoms with Crippen molar-refractivity contribution in [3.05, 3.63) is 29.2 Å². The summed E-state index contributed by atoms with van der Waals surface area (Å²) in [4.78, 5) is 21.7. The van der Waals surface area contributed by atoms with Crippen LogP contribution in [0.2, 0.25) is 5.15 Å². The number of nitrogens with one attached hydrogen (secondary N) is 1. The lowest BCUT2D eigenvalue weighted by Crippen LogP contribution is -2.40. The number of amides is 1. The van der Waals surface area contributed by atoms with Crippen LogP contribution in [0.15, 0.2) is 18.3 Å². The number of pyridine rings is 1. The van der Waals surface area contributed by atoms with E-state index in [0.29, 0.717) is 16.8 Å². The monoisotopic (exact) mass is 335 g/mol. The highest BCUT2D eigenvalue weighted by Gasteiger charge is 2.28. The molecule has 1 saturated heterocycles. The molecule has 3 heterocycles. The Morgan fingerprint density at radius 2 is 2.17 bits per heavy atom. The van der Waals surface area contributed by atoms with E-state index in [-0.39, 0.29) is 5.91 Å². The number of aromatic nitrogens is 2. The molecule has 0 spiro atoms. The lowest BCUT2D eigenvalue weighted by molar-refractivity contribution is 0.0357. The standard InChI is InChI=1S/C17H22ClN3O2/c1-17(2,23)10-11-4-7-21(8-5-11)16(22)14-9-12-13(20-14)3-6-19-15(12)18/h3,6,9,11,20,23H,4-5,7-8,10H2,1-2H3. The van der Waals surface area contributed by atoms with Crippen LogP contribution in [-0.2, 0) is 0 Å². The molecular formula is C17H22ClN3O2. The Bertz CT molecular complexity index is 712. The van der Waals surface area contributed by atoms with E-state index in [9.17, 15) is 9.90 Å². The number of likely N-dealkylation sites (tertiary alicyclic amines) is 1. The van der Waals surface area contributed by atoms with Gasteiger partial charge in [-0.1, -0.05) is 11.6 Å². The van der Waals surface area contributed by atoms with Gasteiger partial charge in [-0.15, -0.1) is 0 Å². The predicted molar refractivity (Wildman–Crippen MR) is 90.6 cm³/mol. The first-order chi connectivity index (χ1) is 10.8. The summed E-state index contributed by atoms with van der Waals surface area (Å²) in [6.45, 7) is 5.13. The number of carbonyl (C=O) groups excluding carboxylic acids is 1. The lowest BCUT2D eigenvalue weighted by atomic mass is 9.86. The van der Waals surface area contributed by atoms with Gasteiger partial charge in [0.25, 0.3) is 5.91 Å². The minimum atomic E-state index is -0.641. The molecule has 0 bridgehead atoms. The van der Waals surface area contributed by atoms with E-state index >= 15 is 0 Å². The van der Waals surface area contributed by atoms with Gasteiger partial charge in [0.2, 0.25) is 0 Å². The minimum absolute atomic E-state index is 0.000949. The average Bonchev–Trinajstić information content (AvgIpc) is 2.91. The minimum Gasteiger partial charge on any atom is -0.390 e. The van der Waals surface area contributed by atoms with Crippen LogP contribution in [0.5, 0.6) is 0 Å². The summed E-state index contributed by atoms with van der Waals surface area (Å²) in [5, 5.41) is 11.1. The maximum absolute atomic E-state index is 12.7. The van der Waals surface area contributed by atoms with Crippen LogP contribution < -0.4 is 0 Å². The predicted octanol–water partition coefficient (Wildman–Crippen LogP) is 3.23. The van der Waals surface area contributed by atoms with Crippen molar-refractivity contribution in [1.29, 1.82) is 0 Å². The quantitative estimate of drug-likeness (QED) is 0.846. The molecule has 1 amide bonds. The van der Waals surface area contributed by atoms with Crippen molar-refractivity contribution in [2.45, 2.75) is 38.7 Å². The topological polar surface area (TPSA) is 69.2 Å². The molecule has 1 aliphatic rings. The second-order valence-electron chi connectivity index (χ2n) is 7.00. The number of hydrogen-bond donors (Lipinski definition) is 2. The van der Waals surface area contributed by atoms with E-state index in [1.807, 2.05) is 24.8 Å². The highest BCUT2D eigenvalue weighted by atomic mass is 35.5. The van der Waals surface area contributed by atoms with E-state index in [4.69, 9.17) is 11.6 Å². The molecule has 23 heavy (non-hydrogen) atoms. The summed E-state index contributed by atoms with van der Waals surface area (Å²) >= 11 is 6.06. The SMILES string of the molecule is CC(C)(O)CC1CCN(C(=O)c2cc3c(Cl)nccc3[nH]2)CC1. The molecule has 2 aromatic rings. The number of hydrogen-bond acceptors (Lipinski definition) is 3. The Balaban J connectivity index is 1.68. The van der Waals surface area contributed by atoms with Crippen LogP contribution in [-0.4, -0.2) is 44.6 Å². The molecule has 6 heteroatoms. The fraction of sp³-hybridized carbons (Fsp3) is 0.529. The molecule has 1 aliphatic heterocycles. The molecule has 0 aliphatic carbocycles. The van der Waals surface area contributed by atoms with E-state index in [1.165, 1.54) is 0 Å². The molecular weight excluding hydrogens is 314 g/mol. The van der Waals surface area contributed by atoms with Gasteiger partial charge in [-0.05, 0) is 51.2 Å². The summed E-state index contributed by atoms with van der Waals surface area (Å²) in [5.74, 6) is 0.472. The number of H-pyrrole nitrogens is 1. The van der Waals surface area contributed by atoms with Crippen LogP contribution >= 0.6 is 11.6 Å². The van der Waals surface area contributed by atoms with Gasteiger partial charge in [-0.2, -0.15) is 0 Å². The third-order valence-electron chi connectivity index (χ3n) is 4.42. The van der Waals surface area contributed by atoms with Crippen LogP contribution in [0.3, 0.4) is 0 Å². The fourth-order valence-corrected chi connectivity index (χ4v) is 3.56. The zero-order chi connectivity index (χ0) is 16.6. The number of aliphatic hydroxyl groups is 1. The molecule has 3 rings (SSSR count). The van der Waals surface area contributed by atoms with Crippen molar-refractivity contribution in [3.8, 4) is 0 Å². The van der Waals surface area contributed by atoms with E-state index < -0.39 is 5.60 Å². The van der Waals surface area contributed by atoms with Crippen LogP contribution in [0.1, 0.15) is 43.6 Å². The number of rotatable bonds is 3. The van der Waals surface area contributed by atoms with Gasteiger partial charge in [0.1, 0.15) is 10.8 Å².